The highest BCUT2D eigenvalue weighted by atomic mass is 16.5. The first kappa shape index (κ1) is 16.0. The molecule has 0 saturated carbocycles. The zero-order chi connectivity index (χ0) is 14.3. The molecule has 1 atom stereocenters. The molecule has 1 unspecified atom stereocenters. The minimum absolute atomic E-state index is 0.107. The number of nitrogens with zero attached hydrogens (tertiary/aromatic N) is 1. The summed E-state index contributed by atoms with van der Waals surface area (Å²) in [5.74, 6) is 0.927. The summed E-state index contributed by atoms with van der Waals surface area (Å²) in [6.45, 7) is 4.69. The first-order valence-corrected chi connectivity index (χ1v) is 6.72. The molecule has 1 aromatic carbocycles. The zero-order valence-corrected chi connectivity index (χ0v) is 12.6. The third-order valence-corrected chi connectivity index (χ3v) is 3.33. The summed E-state index contributed by atoms with van der Waals surface area (Å²) in [7, 11) is 5.85. The van der Waals surface area contributed by atoms with Gasteiger partial charge in [0.25, 0.3) is 0 Å². The molecule has 1 rings (SSSR count). The van der Waals surface area contributed by atoms with Gasteiger partial charge in [0.2, 0.25) is 0 Å². The van der Waals surface area contributed by atoms with Crippen LogP contribution in [0.15, 0.2) is 24.3 Å². The quantitative estimate of drug-likeness (QED) is 0.739. The Morgan fingerprint density at radius 2 is 2.00 bits per heavy atom. The second-order valence-electron chi connectivity index (χ2n) is 5.48. The molecule has 0 aliphatic rings. The molecule has 19 heavy (non-hydrogen) atoms. The van der Waals surface area contributed by atoms with Crippen molar-refractivity contribution in [1.82, 2.24) is 10.2 Å². The Balaban J connectivity index is 2.68. The van der Waals surface area contributed by atoms with Gasteiger partial charge in [-0.2, -0.15) is 0 Å². The van der Waals surface area contributed by atoms with Crippen molar-refractivity contribution < 1.29 is 4.74 Å². The molecule has 0 heterocycles. The summed E-state index contributed by atoms with van der Waals surface area (Å²) >= 11 is 0. The summed E-state index contributed by atoms with van der Waals surface area (Å²) in [5.41, 5.74) is 7.03. The van der Waals surface area contributed by atoms with Crippen LogP contribution in [0.1, 0.15) is 12.5 Å². The Morgan fingerprint density at radius 3 is 2.58 bits per heavy atom. The highest BCUT2D eigenvalue weighted by molar-refractivity contribution is 5.34. The third-order valence-electron chi connectivity index (χ3n) is 3.33. The van der Waals surface area contributed by atoms with E-state index in [1.54, 1.807) is 7.11 Å². The van der Waals surface area contributed by atoms with Gasteiger partial charge in [0.15, 0.2) is 0 Å². The maximum atomic E-state index is 5.95. The number of para-hydroxylation sites is 1. The van der Waals surface area contributed by atoms with Gasteiger partial charge in [-0.15, -0.1) is 0 Å². The van der Waals surface area contributed by atoms with Crippen LogP contribution in [-0.4, -0.2) is 51.3 Å². The molecular formula is C15H27N3O. The van der Waals surface area contributed by atoms with Crippen LogP contribution in [0.25, 0.3) is 0 Å². The van der Waals surface area contributed by atoms with Crippen molar-refractivity contribution in [2.75, 3.05) is 40.8 Å². The predicted molar refractivity (Wildman–Crippen MR) is 80.7 cm³/mol. The van der Waals surface area contributed by atoms with Crippen molar-refractivity contribution >= 4 is 0 Å². The minimum Gasteiger partial charge on any atom is -0.496 e. The van der Waals surface area contributed by atoms with Crippen molar-refractivity contribution in [3.05, 3.63) is 29.8 Å². The van der Waals surface area contributed by atoms with Crippen molar-refractivity contribution in [3.63, 3.8) is 0 Å². The highest BCUT2D eigenvalue weighted by Crippen LogP contribution is 2.22. The Morgan fingerprint density at radius 1 is 1.32 bits per heavy atom. The highest BCUT2D eigenvalue weighted by Gasteiger charge is 2.23. The summed E-state index contributed by atoms with van der Waals surface area (Å²) in [5, 5.41) is 3.55. The fourth-order valence-electron chi connectivity index (χ4n) is 2.06. The Kier molecular flexibility index (Phi) is 6.28. The summed E-state index contributed by atoms with van der Waals surface area (Å²) in [6.07, 6.45) is 0.862. The monoisotopic (exact) mass is 265 g/mol. The van der Waals surface area contributed by atoms with Crippen LogP contribution in [0.4, 0.5) is 0 Å². The third kappa shape index (κ3) is 5.19. The molecule has 4 nitrogen and oxygen atoms in total. The van der Waals surface area contributed by atoms with Gasteiger partial charge in [0, 0.05) is 25.2 Å². The maximum Gasteiger partial charge on any atom is 0.122 e. The molecule has 4 heteroatoms. The van der Waals surface area contributed by atoms with Crippen molar-refractivity contribution in [1.29, 1.82) is 0 Å². The van der Waals surface area contributed by atoms with Crippen LogP contribution in [0.3, 0.4) is 0 Å². The first-order chi connectivity index (χ1) is 9.00. The largest absolute Gasteiger partial charge is 0.496 e. The first-order valence-electron chi connectivity index (χ1n) is 6.72. The molecule has 0 aliphatic carbocycles. The molecule has 108 valence electrons. The number of nitrogens with two attached hydrogens (primary N) is 1. The number of methoxy groups -OCH3 is 1. The lowest BCUT2D eigenvalue weighted by atomic mass is 9.92. The molecule has 0 fully saturated rings. The van der Waals surface area contributed by atoms with E-state index in [0.717, 1.165) is 25.3 Å². The van der Waals surface area contributed by atoms with E-state index in [9.17, 15) is 0 Å². The van der Waals surface area contributed by atoms with Crippen LogP contribution < -0.4 is 15.8 Å². The number of hydrogen-bond acceptors (Lipinski definition) is 4. The van der Waals surface area contributed by atoms with Gasteiger partial charge in [-0.25, -0.2) is 0 Å². The molecule has 0 bridgehead atoms. The normalized spacial score (nSPS) is 14.4. The summed E-state index contributed by atoms with van der Waals surface area (Å²) < 4.78 is 5.40. The van der Waals surface area contributed by atoms with Crippen LogP contribution in [-0.2, 0) is 6.42 Å². The summed E-state index contributed by atoms with van der Waals surface area (Å²) in [4.78, 5) is 2.16. The lowest BCUT2D eigenvalue weighted by Gasteiger charge is -2.31. The van der Waals surface area contributed by atoms with E-state index in [1.165, 1.54) is 5.56 Å². The molecule has 0 spiro atoms. The van der Waals surface area contributed by atoms with E-state index in [0.29, 0.717) is 6.54 Å². The smallest absolute Gasteiger partial charge is 0.122 e. The molecule has 0 radical (unpaired) electrons. The Bertz CT molecular complexity index is 381. The van der Waals surface area contributed by atoms with Crippen molar-refractivity contribution in [3.8, 4) is 5.75 Å². The van der Waals surface area contributed by atoms with Gasteiger partial charge < -0.3 is 20.7 Å². The van der Waals surface area contributed by atoms with E-state index in [1.807, 2.05) is 18.2 Å². The zero-order valence-electron chi connectivity index (χ0n) is 12.6. The van der Waals surface area contributed by atoms with Crippen LogP contribution >= 0.6 is 0 Å². The van der Waals surface area contributed by atoms with E-state index in [-0.39, 0.29) is 5.54 Å². The second-order valence-corrected chi connectivity index (χ2v) is 5.48. The van der Waals surface area contributed by atoms with Crippen LogP contribution in [0.2, 0.25) is 0 Å². The van der Waals surface area contributed by atoms with Gasteiger partial charge >= 0.3 is 0 Å². The maximum absolute atomic E-state index is 5.95. The molecule has 0 saturated heterocycles. The van der Waals surface area contributed by atoms with Gasteiger partial charge in [0.05, 0.1) is 7.11 Å². The minimum atomic E-state index is -0.107. The number of ether oxygens (including phenoxy) is 1. The van der Waals surface area contributed by atoms with Crippen molar-refractivity contribution in [2.45, 2.75) is 18.9 Å². The second kappa shape index (κ2) is 7.48. The standard InChI is InChI=1S/C15H27N3O/c1-15(12-16,17-9-10-18(2)3)11-13-7-5-6-8-14(13)19-4/h5-8,17H,9-12,16H2,1-4H3. The number of benzene rings is 1. The molecule has 1 aromatic rings. The Labute approximate surface area is 116 Å². The molecule has 0 aliphatic heterocycles. The number of nitrogens with one attached hydrogen (secondary N) is 1. The lowest BCUT2D eigenvalue weighted by molar-refractivity contribution is 0.319. The fourth-order valence-corrected chi connectivity index (χ4v) is 2.06. The Hall–Kier alpha value is -1.10. The van der Waals surface area contributed by atoms with Crippen LogP contribution in [0.5, 0.6) is 5.75 Å². The van der Waals surface area contributed by atoms with Crippen LogP contribution in [0, 0.1) is 0 Å². The van der Waals surface area contributed by atoms with Crippen molar-refractivity contribution in [2.24, 2.45) is 5.73 Å². The topological polar surface area (TPSA) is 50.5 Å². The molecule has 0 aromatic heterocycles. The average molecular weight is 265 g/mol. The number of hydrogen-bond donors (Lipinski definition) is 2. The molecule has 0 amide bonds. The van der Waals surface area contributed by atoms with E-state index < -0.39 is 0 Å². The van der Waals surface area contributed by atoms with Gasteiger partial charge in [-0.3, -0.25) is 0 Å². The van der Waals surface area contributed by atoms with Gasteiger partial charge in [-0.05, 0) is 39.1 Å². The number of likely N-dealkylation sites (N-methyl/N-ethyl adjacent to an activating group) is 1. The fraction of sp³-hybridized carbons (Fsp3) is 0.600. The average Bonchev–Trinajstić information content (AvgIpc) is 2.39. The van der Waals surface area contributed by atoms with E-state index in [4.69, 9.17) is 10.5 Å². The van der Waals surface area contributed by atoms with E-state index >= 15 is 0 Å². The molecular weight excluding hydrogens is 238 g/mol. The number of rotatable bonds is 8. The SMILES string of the molecule is COc1ccccc1CC(C)(CN)NCCN(C)C. The van der Waals surface area contributed by atoms with Gasteiger partial charge in [0.1, 0.15) is 5.75 Å². The predicted octanol–water partition coefficient (Wildman–Crippen LogP) is 1.11. The summed E-state index contributed by atoms with van der Waals surface area (Å²) in [6, 6.07) is 8.11. The lowest BCUT2D eigenvalue weighted by Crippen LogP contribution is -2.52. The van der Waals surface area contributed by atoms with E-state index in [2.05, 4.69) is 37.3 Å². The van der Waals surface area contributed by atoms with Gasteiger partial charge in [-0.1, -0.05) is 18.2 Å². The molecule has 3 N–H and O–H groups in total.